The Balaban J connectivity index is 2.01. The normalized spacial score (nSPS) is 18.1. The van der Waals surface area contributed by atoms with E-state index in [9.17, 15) is 9.59 Å². The lowest BCUT2D eigenvalue weighted by molar-refractivity contribution is -0.147. The summed E-state index contributed by atoms with van der Waals surface area (Å²) >= 11 is 0. The van der Waals surface area contributed by atoms with Gasteiger partial charge in [0.05, 0.1) is 7.11 Å². The van der Waals surface area contributed by atoms with E-state index in [0.717, 1.165) is 11.3 Å². The number of fused-ring (bicyclic) bond motifs is 1. The second-order valence-electron chi connectivity index (χ2n) is 5.17. The lowest BCUT2D eigenvalue weighted by atomic mass is 10.0. The molecule has 0 bridgehead atoms. The van der Waals surface area contributed by atoms with E-state index in [-0.39, 0.29) is 11.8 Å². The van der Waals surface area contributed by atoms with Crippen LogP contribution >= 0.6 is 0 Å². The second kappa shape index (κ2) is 5.94. The van der Waals surface area contributed by atoms with Gasteiger partial charge in [0.2, 0.25) is 0 Å². The van der Waals surface area contributed by atoms with E-state index in [4.69, 9.17) is 9.47 Å². The highest BCUT2D eigenvalue weighted by molar-refractivity contribution is 5.88. The first-order chi connectivity index (χ1) is 9.52. The first-order valence-electron chi connectivity index (χ1n) is 6.65. The minimum absolute atomic E-state index is 0.0461. The fraction of sp³-hybridized carbons (Fsp3) is 0.467. The van der Waals surface area contributed by atoms with Crippen molar-refractivity contribution in [3.05, 3.63) is 29.8 Å². The molecule has 1 N–H and O–H groups in total. The largest absolute Gasteiger partial charge is 0.480 e. The van der Waals surface area contributed by atoms with Gasteiger partial charge in [-0.15, -0.1) is 0 Å². The molecule has 2 rings (SSSR count). The first-order valence-corrected chi connectivity index (χ1v) is 6.65. The van der Waals surface area contributed by atoms with Crippen LogP contribution in [0.3, 0.4) is 0 Å². The molecule has 1 heterocycles. The van der Waals surface area contributed by atoms with Crippen LogP contribution in [0.4, 0.5) is 0 Å². The van der Waals surface area contributed by atoms with E-state index in [0.29, 0.717) is 6.42 Å². The smallest absolute Gasteiger partial charge is 0.328 e. The number of rotatable bonds is 4. The van der Waals surface area contributed by atoms with E-state index < -0.39 is 18.1 Å². The van der Waals surface area contributed by atoms with Crippen molar-refractivity contribution in [1.82, 2.24) is 5.32 Å². The van der Waals surface area contributed by atoms with Crippen molar-refractivity contribution in [3.63, 3.8) is 0 Å². The molecule has 0 saturated heterocycles. The summed E-state index contributed by atoms with van der Waals surface area (Å²) in [6, 6.07) is 6.89. The lowest BCUT2D eigenvalue weighted by Gasteiger charge is -2.21. The molecule has 0 radical (unpaired) electrons. The van der Waals surface area contributed by atoms with Gasteiger partial charge in [-0.2, -0.15) is 0 Å². The number of nitrogens with one attached hydrogen (secondary N) is 1. The summed E-state index contributed by atoms with van der Waals surface area (Å²) in [5, 5.41) is 2.71. The Morgan fingerprint density at radius 3 is 2.65 bits per heavy atom. The molecule has 0 spiro atoms. The highest BCUT2D eigenvalue weighted by atomic mass is 16.5. The summed E-state index contributed by atoms with van der Waals surface area (Å²) in [5.74, 6) is -0.0452. The summed E-state index contributed by atoms with van der Waals surface area (Å²) < 4.78 is 10.3. The number of esters is 1. The zero-order valence-corrected chi connectivity index (χ0v) is 11.9. The molecule has 0 unspecified atom stereocenters. The van der Waals surface area contributed by atoms with Gasteiger partial charge < -0.3 is 14.8 Å². The Kier molecular flexibility index (Phi) is 4.27. The zero-order valence-electron chi connectivity index (χ0n) is 11.9. The average molecular weight is 277 g/mol. The molecule has 0 aromatic heterocycles. The van der Waals surface area contributed by atoms with E-state index in [1.165, 1.54) is 7.11 Å². The Morgan fingerprint density at radius 1 is 1.35 bits per heavy atom. The minimum atomic E-state index is -0.653. The molecule has 1 aliphatic heterocycles. The third kappa shape index (κ3) is 2.92. The van der Waals surface area contributed by atoms with Crippen molar-refractivity contribution in [2.45, 2.75) is 32.4 Å². The fourth-order valence-electron chi connectivity index (χ4n) is 2.20. The number of hydrogen-bond donors (Lipinski definition) is 1. The van der Waals surface area contributed by atoms with Gasteiger partial charge in [0, 0.05) is 6.42 Å². The molecule has 0 saturated carbocycles. The van der Waals surface area contributed by atoms with Crippen LogP contribution in [0.1, 0.15) is 19.4 Å². The monoisotopic (exact) mass is 277 g/mol. The Hall–Kier alpha value is -2.04. The maximum Gasteiger partial charge on any atom is 0.328 e. The number of carbonyl (C=O) groups excluding carboxylic acids is 2. The van der Waals surface area contributed by atoms with Crippen LogP contribution in [0.2, 0.25) is 0 Å². The van der Waals surface area contributed by atoms with Gasteiger partial charge in [-0.3, -0.25) is 4.79 Å². The van der Waals surface area contributed by atoms with Gasteiger partial charge in [-0.05, 0) is 17.5 Å². The maximum atomic E-state index is 12.2. The van der Waals surface area contributed by atoms with E-state index in [2.05, 4.69) is 5.32 Å². The Morgan fingerprint density at radius 2 is 2.05 bits per heavy atom. The zero-order chi connectivity index (χ0) is 14.7. The first kappa shape index (κ1) is 14.4. The number of para-hydroxylation sites is 1. The van der Waals surface area contributed by atoms with Crippen molar-refractivity contribution in [1.29, 1.82) is 0 Å². The number of ether oxygens (including phenoxy) is 2. The third-order valence-corrected chi connectivity index (χ3v) is 3.36. The number of carbonyl (C=O) groups is 2. The van der Waals surface area contributed by atoms with Gasteiger partial charge in [0.25, 0.3) is 5.91 Å². The molecule has 0 aliphatic carbocycles. The molecular formula is C15H19NO4. The van der Waals surface area contributed by atoms with Crippen LogP contribution < -0.4 is 10.1 Å². The molecule has 20 heavy (non-hydrogen) atoms. The SMILES string of the molecule is COC(=O)[C@@H](NC(=O)[C@@H]1Cc2ccccc2O1)C(C)C. The van der Waals surface area contributed by atoms with Crippen molar-refractivity contribution in [2.24, 2.45) is 5.92 Å². The Labute approximate surface area is 118 Å². The van der Waals surface area contributed by atoms with Crippen LogP contribution in [0.25, 0.3) is 0 Å². The van der Waals surface area contributed by atoms with E-state index in [1.54, 1.807) is 0 Å². The quantitative estimate of drug-likeness (QED) is 0.843. The number of amides is 1. The molecule has 2 atom stereocenters. The summed E-state index contributed by atoms with van der Waals surface area (Å²) in [6.07, 6.45) is -0.0631. The standard InChI is InChI=1S/C15H19NO4/c1-9(2)13(15(18)19-3)16-14(17)12-8-10-6-4-5-7-11(10)20-12/h4-7,9,12-13H,8H2,1-3H3,(H,16,17)/t12-,13-/m0/s1. The molecular weight excluding hydrogens is 258 g/mol. The van der Waals surface area contributed by atoms with Crippen molar-refractivity contribution >= 4 is 11.9 Å². The molecule has 0 fully saturated rings. The maximum absolute atomic E-state index is 12.2. The number of benzene rings is 1. The molecule has 1 aromatic rings. The van der Waals surface area contributed by atoms with E-state index in [1.807, 2.05) is 38.1 Å². The third-order valence-electron chi connectivity index (χ3n) is 3.36. The van der Waals surface area contributed by atoms with Crippen LogP contribution in [0.15, 0.2) is 24.3 Å². The summed E-state index contributed by atoms with van der Waals surface area (Å²) in [5.41, 5.74) is 1.01. The highest BCUT2D eigenvalue weighted by Gasteiger charge is 2.33. The number of hydrogen-bond acceptors (Lipinski definition) is 4. The highest BCUT2D eigenvalue weighted by Crippen LogP contribution is 2.28. The fourth-order valence-corrected chi connectivity index (χ4v) is 2.20. The van der Waals surface area contributed by atoms with Crippen molar-refractivity contribution in [2.75, 3.05) is 7.11 Å². The van der Waals surface area contributed by atoms with Crippen molar-refractivity contribution < 1.29 is 19.1 Å². The average Bonchev–Trinajstić information content (AvgIpc) is 2.87. The van der Waals surface area contributed by atoms with Gasteiger partial charge in [0.15, 0.2) is 6.10 Å². The summed E-state index contributed by atoms with van der Waals surface area (Å²) in [7, 11) is 1.31. The van der Waals surface area contributed by atoms with Crippen molar-refractivity contribution in [3.8, 4) is 5.75 Å². The van der Waals surface area contributed by atoms with Crippen LogP contribution in [0.5, 0.6) is 5.75 Å². The Bertz CT molecular complexity index is 487. The topological polar surface area (TPSA) is 64.6 Å². The predicted molar refractivity (Wildman–Crippen MR) is 73.3 cm³/mol. The molecule has 1 amide bonds. The lowest BCUT2D eigenvalue weighted by Crippen LogP contribution is -2.49. The molecule has 5 nitrogen and oxygen atoms in total. The molecule has 1 aromatic carbocycles. The van der Waals surface area contributed by atoms with Crippen LogP contribution in [0, 0.1) is 5.92 Å². The van der Waals surface area contributed by atoms with Gasteiger partial charge in [-0.1, -0.05) is 32.0 Å². The van der Waals surface area contributed by atoms with Crippen LogP contribution in [-0.4, -0.2) is 31.1 Å². The van der Waals surface area contributed by atoms with Gasteiger partial charge in [-0.25, -0.2) is 4.79 Å². The minimum Gasteiger partial charge on any atom is -0.480 e. The van der Waals surface area contributed by atoms with Gasteiger partial charge in [0.1, 0.15) is 11.8 Å². The van der Waals surface area contributed by atoms with Gasteiger partial charge >= 0.3 is 5.97 Å². The molecule has 5 heteroatoms. The summed E-state index contributed by atoms with van der Waals surface area (Å²) in [6.45, 7) is 3.71. The molecule has 108 valence electrons. The number of methoxy groups -OCH3 is 1. The molecule has 1 aliphatic rings. The van der Waals surface area contributed by atoms with Crippen LogP contribution in [-0.2, 0) is 20.7 Å². The predicted octanol–water partition coefficient (Wildman–Crippen LogP) is 1.30. The summed E-state index contributed by atoms with van der Waals surface area (Å²) in [4.78, 5) is 23.8. The second-order valence-corrected chi connectivity index (χ2v) is 5.17. The van der Waals surface area contributed by atoms with E-state index >= 15 is 0 Å².